The number of halogens is 2. The molecule has 8 atom stereocenters. The first kappa shape index (κ1) is 23.3. The maximum absolute atomic E-state index is 13.3. The van der Waals surface area contributed by atoms with Crippen LogP contribution in [0.4, 0.5) is 8.78 Å². The number of hydrogen-bond acceptors (Lipinski definition) is 7. The third-order valence-electron chi connectivity index (χ3n) is 7.92. The van der Waals surface area contributed by atoms with E-state index in [0.29, 0.717) is 19.0 Å². The summed E-state index contributed by atoms with van der Waals surface area (Å²) in [7, 11) is 0. The van der Waals surface area contributed by atoms with E-state index in [9.17, 15) is 13.6 Å². The molecule has 1 N–H and O–H groups in total. The van der Waals surface area contributed by atoms with Gasteiger partial charge in [0.25, 0.3) is 6.43 Å². The normalized spacial score (nSPS) is 41.8. The van der Waals surface area contributed by atoms with Gasteiger partial charge in [-0.1, -0.05) is 6.92 Å². The Balaban J connectivity index is 1.25. The zero-order valence-corrected chi connectivity index (χ0v) is 19.4. The zero-order valence-electron chi connectivity index (χ0n) is 19.4. The Morgan fingerprint density at radius 2 is 2.15 bits per heavy atom. The van der Waals surface area contributed by atoms with Crippen molar-refractivity contribution in [1.82, 2.24) is 15.3 Å². The number of fused-ring (bicyclic) bond motifs is 1. The van der Waals surface area contributed by atoms with Crippen LogP contribution >= 0.6 is 0 Å². The molecule has 0 spiro atoms. The van der Waals surface area contributed by atoms with Crippen molar-refractivity contribution >= 4 is 17.8 Å². The Morgan fingerprint density at radius 1 is 1.30 bits per heavy atom. The molecule has 0 saturated carbocycles. The van der Waals surface area contributed by atoms with Crippen molar-refractivity contribution in [2.24, 2.45) is 27.7 Å². The van der Waals surface area contributed by atoms with Gasteiger partial charge in [-0.15, -0.1) is 0 Å². The number of nitrogens with zero attached hydrogens (tertiary/aromatic N) is 4. The quantitative estimate of drug-likeness (QED) is 0.644. The van der Waals surface area contributed by atoms with Gasteiger partial charge >= 0.3 is 0 Å². The Bertz CT molecular complexity index is 790. The fourth-order valence-corrected chi connectivity index (χ4v) is 6.07. The predicted molar refractivity (Wildman–Crippen MR) is 119 cm³/mol. The van der Waals surface area contributed by atoms with Gasteiger partial charge in [-0.2, -0.15) is 0 Å². The maximum Gasteiger partial charge on any atom is 0.261 e. The number of hydrazine groups is 1. The summed E-state index contributed by atoms with van der Waals surface area (Å²) in [5, 5.41) is 2.24. The number of amides is 1. The summed E-state index contributed by atoms with van der Waals surface area (Å²) in [5.41, 5.74) is 4.51. The molecule has 33 heavy (non-hydrogen) atoms. The first-order chi connectivity index (χ1) is 15.9. The molecule has 0 aromatic heterocycles. The molecule has 7 unspecified atom stereocenters. The van der Waals surface area contributed by atoms with Crippen LogP contribution in [0.1, 0.15) is 39.5 Å². The maximum atomic E-state index is 13.3. The molecule has 5 heterocycles. The topological polar surface area (TPSA) is 78.8 Å². The van der Waals surface area contributed by atoms with Crippen LogP contribution < -0.4 is 5.43 Å². The number of likely N-dealkylation sites (tertiary alicyclic amines) is 1. The summed E-state index contributed by atoms with van der Waals surface area (Å²) in [6, 6.07) is 0.257. The molecule has 0 aromatic rings. The third kappa shape index (κ3) is 4.72. The number of aliphatic imine (C=N–C) groups is 2. The van der Waals surface area contributed by atoms with E-state index in [1.807, 2.05) is 18.0 Å². The molecule has 5 rings (SSSR count). The number of carbonyl (C=O) groups is 1. The van der Waals surface area contributed by atoms with Crippen LogP contribution in [0.25, 0.3) is 0 Å². The minimum absolute atomic E-state index is 0.00118. The van der Waals surface area contributed by atoms with E-state index in [4.69, 9.17) is 14.5 Å². The minimum atomic E-state index is -2.48. The molecular formula is C23H35F2N5O3. The van der Waals surface area contributed by atoms with Gasteiger partial charge in [0, 0.05) is 37.0 Å². The fourth-order valence-electron chi connectivity index (χ4n) is 6.07. The van der Waals surface area contributed by atoms with Crippen LogP contribution in [0.15, 0.2) is 9.98 Å². The fraction of sp³-hybridized carbons (Fsp3) is 0.870. The lowest BCUT2D eigenvalue weighted by molar-refractivity contribution is -0.134. The lowest BCUT2D eigenvalue weighted by atomic mass is 9.77. The van der Waals surface area contributed by atoms with Crippen LogP contribution in [0.3, 0.4) is 0 Å². The van der Waals surface area contributed by atoms with Crippen molar-refractivity contribution in [1.29, 1.82) is 0 Å². The number of nitrogens with one attached hydrogen (secondary N) is 1. The largest absolute Gasteiger partial charge is 0.380 e. The smallest absolute Gasteiger partial charge is 0.261 e. The number of alkyl halides is 2. The first-order valence-corrected chi connectivity index (χ1v) is 12.3. The van der Waals surface area contributed by atoms with Crippen LogP contribution in [0, 0.1) is 17.8 Å². The molecular weight excluding hydrogens is 432 g/mol. The molecule has 0 bridgehead atoms. The van der Waals surface area contributed by atoms with E-state index in [1.54, 1.807) is 0 Å². The molecule has 5 aliphatic heterocycles. The number of ether oxygens (including phenoxy) is 2. The van der Waals surface area contributed by atoms with E-state index >= 15 is 0 Å². The molecule has 0 aliphatic carbocycles. The van der Waals surface area contributed by atoms with Crippen molar-refractivity contribution in [3.63, 3.8) is 0 Å². The molecule has 0 radical (unpaired) electrons. The van der Waals surface area contributed by atoms with E-state index in [0.717, 1.165) is 44.7 Å². The standard InChI is InChI=1S/C23H35F2N5O3/c1-13-7-17(15-8-19(14(2)26-9-15)33-12-20(24)25)27-18-10-29(23(31)22(13)18)21-3-5-30(28-21)16-4-6-32-11-16/h9,13-17,19-22,28H,3-8,10-12H2,1-2H3/t13?,14?,15?,16-,17?,19?,21?,22?/m0/s1. The van der Waals surface area contributed by atoms with Gasteiger partial charge in [-0.3, -0.25) is 14.8 Å². The van der Waals surface area contributed by atoms with E-state index < -0.39 is 13.0 Å². The molecule has 3 fully saturated rings. The number of carbonyl (C=O) groups excluding carboxylic acids is 1. The van der Waals surface area contributed by atoms with Crippen LogP contribution in [0.5, 0.6) is 0 Å². The van der Waals surface area contributed by atoms with Crippen LogP contribution in [-0.2, 0) is 14.3 Å². The number of rotatable bonds is 6. The summed E-state index contributed by atoms with van der Waals surface area (Å²) < 4.78 is 36.3. The van der Waals surface area contributed by atoms with Gasteiger partial charge in [-0.05, 0) is 38.5 Å². The average molecular weight is 468 g/mol. The van der Waals surface area contributed by atoms with Crippen molar-refractivity contribution in [3.8, 4) is 0 Å². The van der Waals surface area contributed by atoms with E-state index in [-0.39, 0.29) is 48.0 Å². The summed E-state index contributed by atoms with van der Waals surface area (Å²) in [4.78, 5) is 24.9. The summed E-state index contributed by atoms with van der Waals surface area (Å²) in [6.45, 7) is 6.48. The molecule has 0 aromatic carbocycles. The van der Waals surface area contributed by atoms with Crippen LogP contribution in [-0.4, -0.2) is 97.5 Å². The van der Waals surface area contributed by atoms with Crippen molar-refractivity contribution in [2.45, 2.75) is 76.4 Å². The minimum Gasteiger partial charge on any atom is -0.380 e. The highest BCUT2D eigenvalue weighted by Gasteiger charge is 2.48. The van der Waals surface area contributed by atoms with Crippen LogP contribution in [0.2, 0.25) is 0 Å². The van der Waals surface area contributed by atoms with Crippen molar-refractivity contribution in [2.75, 3.05) is 32.9 Å². The van der Waals surface area contributed by atoms with E-state index in [1.165, 1.54) is 0 Å². The second-order valence-corrected chi connectivity index (χ2v) is 10.2. The zero-order chi connectivity index (χ0) is 23.1. The Kier molecular flexibility index (Phi) is 6.79. The predicted octanol–water partition coefficient (Wildman–Crippen LogP) is 1.75. The Labute approximate surface area is 193 Å². The van der Waals surface area contributed by atoms with Gasteiger partial charge < -0.3 is 14.4 Å². The summed E-state index contributed by atoms with van der Waals surface area (Å²) in [6.07, 6.45) is 2.48. The molecule has 3 saturated heterocycles. The van der Waals surface area contributed by atoms with Gasteiger partial charge in [0.15, 0.2) is 0 Å². The lowest BCUT2D eigenvalue weighted by Crippen LogP contribution is -2.50. The van der Waals surface area contributed by atoms with Gasteiger partial charge in [0.2, 0.25) is 5.91 Å². The molecule has 8 nitrogen and oxygen atoms in total. The Hall–Kier alpha value is -1.49. The van der Waals surface area contributed by atoms with Crippen molar-refractivity contribution < 1.29 is 23.0 Å². The second-order valence-electron chi connectivity index (χ2n) is 10.2. The first-order valence-electron chi connectivity index (χ1n) is 12.3. The molecule has 184 valence electrons. The van der Waals surface area contributed by atoms with Gasteiger partial charge in [0.1, 0.15) is 6.61 Å². The second kappa shape index (κ2) is 9.64. The molecule has 5 aliphatic rings. The highest BCUT2D eigenvalue weighted by molar-refractivity contribution is 6.12. The molecule has 10 heteroatoms. The summed E-state index contributed by atoms with van der Waals surface area (Å²) >= 11 is 0. The number of hydrogen-bond donors (Lipinski definition) is 1. The summed E-state index contributed by atoms with van der Waals surface area (Å²) in [5.74, 6) is 0.253. The third-order valence-corrected chi connectivity index (χ3v) is 7.92. The highest BCUT2D eigenvalue weighted by atomic mass is 19.3. The Morgan fingerprint density at radius 3 is 2.91 bits per heavy atom. The monoisotopic (exact) mass is 467 g/mol. The average Bonchev–Trinajstić information content (AvgIpc) is 3.53. The van der Waals surface area contributed by atoms with E-state index in [2.05, 4.69) is 22.4 Å². The SMILES string of the molecule is CC1CC(C2C=NC(C)C(OCC(F)F)C2)N=C2CN(C3CCN([C@H]4CCOC4)N3)C(=O)C21. The molecule has 1 amide bonds. The van der Waals surface area contributed by atoms with Gasteiger partial charge in [0.05, 0.1) is 43.4 Å². The highest BCUT2D eigenvalue weighted by Crippen LogP contribution is 2.37. The lowest BCUT2D eigenvalue weighted by Gasteiger charge is -2.36. The van der Waals surface area contributed by atoms with Crippen molar-refractivity contribution in [3.05, 3.63) is 0 Å². The van der Waals surface area contributed by atoms with Gasteiger partial charge in [-0.25, -0.2) is 19.2 Å².